The lowest BCUT2D eigenvalue weighted by Gasteiger charge is -2.49. The molecule has 39 heavy (non-hydrogen) atoms. The number of carbonyl (C=O) groups excluding carboxylic acids is 4. The zero-order chi connectivity index (χ0) is 27.2. The van der Waals surface area contributed by atoms with Crippen LogP contribution in [0.4, 0.5) is 5.69 Å². The number of imide groups is 2. The number of carbonyl (C=O) groups is 4. The largest absolute Gasteiger partial charge is 0.507 e. The van der Waals surface area contributed by atoms with Gasteiger partial charge in [0.05, 0.1) is 28.9 Å². The summed E-state index contributed by atoms with van der Waals surface area (Å²) in [5, 5.41) is 23.4. The van der Waals surface area contributed by atoms with E-state index in [1.165, 1.54) is 4.90 Å². The van der Waals surface area contributed by atoms with Crippen LogP contribution < -0.4 is 4.90 Å². The van der Waals surface area contributed by atoms with Crippen LogP contribution in [-0.4, -0.2) is 39.0 Å². The zero-order valence-corrected chi connectivity index (χ0v) is 21.2. The highest BCUT2D eigenvalue weighted by atomic mass is 16.5. The highest BCUT2D eigenvalue weighted by Crippen LogP contribution is 2.64. The predicted octanol–water partition coefficient (Wildman–Crippen LogP) is 4.17. The van der Waals surface area contributed by atoms with E-state index in [9.17, 15) is 29.5 Å². The number of benzene rings is 3. The molecule has 3 fully saturated rings. The summed E-state index contributed by atoms with van der Waals surface area (Å²) in [5.74, 6) is -5.62. The molecule has 3 aromatic rings. The molecular weight excluding hydrogens is 496 g/mol. The number of phenolic OH excluding ortho intramolecular Hbond substituents is 1. The summed E-state index contributed by atoms with van der Waals surface area (Å²) in [6, 6.07) is 19.8. The Hall–Kier alpha value is -4.30. The van der Waals surface area contributed by atoms with Gasteiger partial charge in [-0.1, -0.05) is 66.2 Å². The molecule has 7 rings (SSSR count). The molecule has 2 N–H and O–H groups in total. The molecule has 2 saturated heterocycles. The minimum Gasteiger partial charge on any atom is -0.507 e. The maximum atomic E-state index is 14.3. The van der Waals surface area contributed by atoms with Crippen LogP contribution in [0.3, 0.4) is 0 Å². The van der Waals surface area contributed by atoms with E-state index in [-0.39, 0.29) is 35.5 Å². The summed E-state index contributed by atoms with van der Waals surface area (Å²) < 4.78 is 0. The smallest absolute Gasteiger partial charge is 0.257 e. The zero-order valence-electron chi connectivity index (χ0n) is 21.2. The van der Waals surface area contributed by atoms with Gasteiger partial charge in [0.15, 0.2) is 0 Å². The normalized spacial score (nSPS) is 31.8. The van der Waals surface area contributed by atoms with Gasteiger partial charge in [-0.05, 0) is 43.2 Å². The Morgan fingerprint density at radius 2 is 1.56 bits per heavy atom. The number of nitrogens with zero attached hydrogens (tertiary/aromatic N) is 2. The molecule has 0 unspecified atom stereocenters. The summed E-state index contributed by atoms with van der Waals surface area (Å²) in [6.45, 7) is 1.78. The second-order valence-corrected chi connectivity index (χ2v) is 11.2. The first-order valence-electron chi connectivity index (χ1n) is 13.2. The minimum absolute atomic E-state index is 0.0257. The van der Waals surface area contributed by atoms with E-state index in [0.717, 1.165) is 11.0 Å². The third-order valence-electron chi connectivity index (χ3n) is 9.51. The van der Waals surface area contributed by atoms with Crippen molar-refractivity contribution in [3.05, 3.63) is 83.9 Å². The number of hydrogen-bond donors (Lipinski definition) is 2. The lowest BCUT2D eigenvalue weighted by atomic mass is 9.51. The highest BCUT2D eigenvalue weighted by Gasteiger charge is 2.68. The number of rotatable bonds is 2. The van der Waals surface area contributed by atoms with Crippen molar-refractivity contribution in [2.45, 2.75) is 25.7 Å². The minimum atomic E-state index is -1.24. The van der Waals surface area contributed by atoms with E-state index in [0.29, 0.717) is 16.6 Å². The Bertz CT molecular complexity index is 1630. The molecule has 4 aliphatic rings. The maximum Gasteiger partial charge on any atom is 0.257 e. The standard InChI is InChI=1S/C31H26N2O6/c1-31-23(28(36)32(30(31)38)17-8-3-2-4-9-17)15-22-19(13-14-20-24(22)29(37)33(39)27(20)35)25(31)21-12-11-16-7-5-6-10-18(16)26(21)34/h2-13,20,22-25,34,39H,14-15H2,1H3/t20-,22+,23-,24-,25+,31+/m0/s1. The van der Waals surface area contributed by atoms with Crippen molar-refractivity contribution < 1.29 is 29.5 Å². The molecule has 8 heteroatoms. The number of para-hydroxylation sites is 1. The number of allylic oxidation sites excluding steroid dienone is 2. The van der Waals surface area contributed by atoms with Crippen LogP contribution in [0.5, 0.6) is 5.75 Å². The Morgan fingerprint density at radius 3 is 2.33 bits per heavy atom. The first kappa shape index (κ1) is 23.8. The molecule has 2 aliphatic heterocycles. The van der Waals surface area contributed by atoms with Crippen LogP contribution in [0.15, 0.2) is 78.4 Å². The molecule has 3 aromatic carbocycles. The molecule has 2 heterocycles. The van der Waals surface area contributed by atoms with E-state index >= 15 is 0 Å². The Kier molecular flexibility index (Phi) is 4.94. The van der Waals surface area contributed by atoms with Gasteiger partial charge in [-0.15, -0.1) is 0 Å². The van der Waals surface area contributed by atoms with Gasteiger partial charge in [-0.25, -0.2) is 4.90 Å². The van der Waals surface area contributed by atoms with E-state index in [1.54, 1.807) is 43.3 Å². The molecule has 0 radical (unpaired) electrons. The number of aromatic hydroxyl groups is 1. The van der Waals surface area contributed by atoms with Gasteiger partial charge < -0.3 is 5.11 Å². The molecule has 0 bridgehead atoms. The third-order valence-corrected chi connectivity index (χ3v) is 9.51. The third kappa shape index (κ3) is 2.97. The second-order valence-electron chi connectivity index (χ2n) is 11.2. The molecule has 196 valence electrons. The number of amides is 4. The molecule has 2 aliphatic carbocycles. The van der Waals surface area contributed by atoms with Crippen molar-refractivity contribution in [2.75, 3.05) is 4.90 Å². The van der Waals surface area contributed by atoms with Crippen LogP contribution in [0.2, 0.25) is 0 Å². The summed E-state index contributed by atoms with van der Waals surface area (Å²) >= 11 is 0. The van der Waals surface area contributed by atoms with E-state index in [1.807, 2.05) is 36.4 Å². The molecule has 1 saturated carbocycles. The van der Waals surface area contributed by atoms with E-state index < -0.39 is 46.8 Å². The van der Waals surface area contributed by atoms with Crippen LogP contribution in [-0.2, 0) is 19.2 Å². The van der Waals surface area contributed by atoms with Crippen LogP contribution in [0.1, 0.15) is 31.2 Å². The first-order valence-corrected chi connectivity index (χ1v) is 13.2. The van der Waals surface area contributed by atoms with Crippen molar-refractivity contribution >= 4 is 40.1 Å². The summed E-state index contributed by atoms with van der Waals surface area (Å²) in [7, 11) is 0. The Labute approximate surface area is 224 Å². The number of phenols is 1. The maximum absolute atomic E-state index is 14.3. The number of hydroxylamine groups is 2. The molecule has 8 nitrogen and oxygen atoms in total. The fraction of sp³-hybridized carbons (Fsp3) is 0.290. The van der Waals surface area contributed by atoms with Gasteiger partial charge in [0, 0.05) is 16.9 Å². The van der Waals surface area contributed by atoms with Crippen molar-refractivity contribution in [1.29, 1.82) is 0 Å². The fourth-order valence-corrected chi connectivity index (χ4v) is 7.67. The lowest BCUT2D eigenvalue weighted by molar-refractivity contribution is -0.173. The predicted molar refractivity (Wildman–Crippen MR) is 140 cm³/mol. The van der Waals surface area contributed by atoms with Gasteiger partial charge in [-0.2, -0.15) is 5.06 Å². The summed E-state index contributed by atoms with van der Waals surface area (Å²) in [5.41, 5.74) is 0.484. The van der Waals surface area contributed by atoms with Gasteiger partial charge in [0.2, 0.25) is 11.8 Å². The average molecular weight is 523 g/mol. The SMILES string of the molecule is C[C@@]12C(=O)N(c3ccccc3)C(=O)[C@@H]1C[C@@H]1C(=CC[C@@H]3C(=O)N(O)C(=O)[C@@H]31)[C@@H]2c1ccc2ccccc2c1O. The van der Waals surface area contributed by atoms with Crippen molar-refractivity contribution in [2.24, 2.45) is 29.1 Å². The topological polar surface area (TPSA) is 115 Å². The lowest BCUT2D eigenvalue weighted by Crippen LogP contribution is -2.48. The van der Waals surface area contributed by atoms with Crippen LogP contribution in [0, 0.1) is 29.1 Å². The monoisotopic (exact) mass is 522 g/mol. The molecule has 4 amide bonds. The summed E-state index contributed by atoms with van der Waals surface area (Å²) in [6.07, 6.45) is 2.31. The van der Waals surface area contributed by atoms with Gasteiger partial charge >= 0.3 is 0 Å². The molecule has 6 atom stereocenters. The fourth-order valence-electron chi connectivity index (χ4n) is 7.67. The van der Waals surface area contributed by atoms with E-state index in [2.05, 4.69) is 0 Å². The number of hydrogen-bond acceptors (Lipinski definition) is 6. The van der Waals surface area contributed by atoms with Gasteiger partial charge in [0.25, 0.3) is 11.8 Å². The van der Waals surface area contributed by atoms with Crippen molar-refractivity contribution in [1.82, 2.24) is 5.06 Å². The average Bonchev–Trinajstić information content (AvgIpc) is 3.29. The van der Waals surface area contributed by atoms with Crippen molar-refractivity contribution in [3.8, 4) is 5.75 Å². The molecule has 0 spiro atoms. The van der Waals surface area contributed by atoms with Crippen molar-refractivity contribution in [3.63, 3.8) is 0 Å². The van der Waals surface area contributed by atoms with E-state index in [4.69, 9.17) is 0 Å². The van der Waals surface area contributed by atoms with Crippen LogP contribution >= 0.6 is 0 Å². The number of anilines is 1. The summed E-state index contributed by atoms with van der Waals surface area (Å²) in [4.78, 5) is 55.4. The molecular formula is C31H26N2O6. The Balaban J connectivity index is 1.46. The number of fused-ring (bicyclic) bond motifs is 5. The van der Waals surface area contributed by atoms with Crippen LogP contribution in [0.25, 0.3) is 10.8 Å². The quantitative estimate of drug-likeness (QED) is 0.297. The second kappa shape index (κ2) is 8.10. The van der Waals surface area contributed by atoms with Gasteiger partial charge in [-0.3, -0.25) is 24.4 Å². The molecule has 0 aromatic heterocycles. The van der Waals surface area contributed by atoms with Gasteiger partial charge in [0.1, 0.15) is 5.75 Å². The first-order chi connectivity index (χ1) is 18.7. The Morgan fingerprint density at radius 1 is 0.846 bits per heavy atom. The highest BCUT2D eigenvalue weighted by molar-refractivity contribution is 6.24.